The fourth-order valence-electron chi connectivity index (χ4n) is 1.23. The molecule has 8 heteroatoms. The Bertz CT molecular complexity index is 538. The largest absolute Gasteiger partial charge is 0.506 e. The fraction of sp³-hybridized carbons (Fsp3) is 0.222. The van der Waals surface area contributed by atoms with Gasteiger partial charge in [-0.3, -0.25) is 9.35 Å². The highest BCUT2D eigenvalue weighted by molar-refractivity contribution is 7.86. The lowest BCUT2D eigenvalue weighted by Gasteiger charge is -2.08. The van der Waals surface area contributed by atoms with Crippen LogP contribution < -0.4 is 5.73 Å². The number of carboxylic acid groups (broad SMARTS) is 1. The highest BCUT2D eigenvalue weighted by atomic mass is 32.2. The van der Waals surface area contributed by atoms with Crippen LogP contribution in [-0.4, -0.2) is 35.2 Å². The molecule has 94 valence electrons. The molecule has 0 aliphatic rings. The number of benzene rings is 1. The quantitative estimate of drug-likeness (QED) is 0.540. The van der Waals surface area contributed by atoms with Crippen molar-refractivity contribution in [2.75, 3.05) is 0 Å². The van der Waals surface area contributed by atoms with E-state index in [1.807, 2.05) is 0 Å². The molecule has 0 amide bonds. The predicted octanol–water partition coefficient (Wildman–Crippen LogP) is -0.407. The van der Waals surface area contributed by atoms with Crippen molar-refractivity contribution in [3.05, 3.63) is 23.8 Å². The summed E-state index contributed by atoms with van der Waals surface area (Å²) < 4.78 is 30.5. The molecule has 0 radical (unpaired) electrons. The van der Waals surface area contributed by atoms with Gasteiger partial charge in [-0.05, 0) is 24.1 Å². The molecule has 1 aromatic rings. The van der Waals surface area contributed by atoms with Crippen molar-refractivity contribution in [3.63, 3.8) is 0 Å². The van der Waals surface area contributed by atoms with Crippen molar-refractivity contribution in [1.29, 1.82) is 0 Å². The molecule has 0 heterocycles. The molecule has 0 saturated carbocycles. The van der Waals surface area contributed by atoms with Gasteiger partial charge in [-0.1, -0.05) is 6.07 Å². The number of hydrogen-bond donors (Lipinski definition) is 4. The first-order chi connectivity index (χ1) is 7.71. The third-order valence-electron chi connectivity index (χ3n) is 2.07. The Morgan fingerprint density at radius 3 is 2.47 bits per heavy atom. The summed E-state index contributed by atoms with van der Waals surface area (Å²) in [6.45, 7) is 0. The monoisotopic (exact) mass is 261 g/mol. The topological polar surface area (TPSA) is 138 Å². The van der Waals surface area contributed by atoms with Gasteiger partial charge in [0.15, 0.2) is 0 Å². The van der Waals surface area contributed by atoms with Gasteiger partial charge in [0.05, 0.1) is 0 Å². The minimum Gasteiger partial charge on any atom is -0.506 e. The first kappa shape index (κ1) is 13.4. The van der Waals surface area contributed by atoms with Gasteiger partial charge in [-0.2, -0.15) is 8.42 Å². The lowest BCUT2D eigenvalue weighted by molar-refractivity contribution is -0.138. The maximum Gasteiger partial charge on any atom is 0.320 e. The van der Waals surface area contributed by atoms with Crippen LogP contribution >= 0.6 is 0 Å². The maximum absolute atomic E-state index is 10.9. The van der Waals surface area contributed by atoms with E-state index in [2.05, 4.69) is 0 Å². The minimum atomic E-state index is -4.55. The predicted molar refractivity (Wildman–Crippen MR) is 57.2 cm³/mol. The summed E-state index contributed by atoms with van der Waals surface area (Å²) >= 11 is 0. The van der Waals surface area contributed by atoms with E-state index in [0.29, 0.717) is 0 Å². The number of rotatable bonds is 4. The first-order valence-corrected chi connectivity index (χ1v) is 5.93. The Morgan fingerprint density at radius 2 is 2.00 bits per heavy atom. The number of phenolic OH excluding ortho intramolecular Hbond substituents is 1. The number of hydrogen-bond acceptors (Lipinski definition) is 5. The van der Waals surface area contributed by atoms with Crippen LogP contribution in [0.1, 0.15) is 5.56 Å². The van der Waals surface area contributed by atoms with Gasteiger partial charge in [0, 0.05) is 0 Å². The van der Waals surface area contributed by atoms with Crippen molar-refractivity contribution < 1.29 is 28.0 Å². The van der Waals surface area contributed by atoms with Crippen molar-refractivity contribution >= 4 is 16.1 Å². The van der Waals surface area contributed by atoms with E-state index < -0.39 is 32.8 Å². The zero-order valence-electron chi connectivity index (χ0n) is 8.57. The van der Waals surface area contributed by atoms with E-state index in [0.717, 1.165) is 12.1 Å². The van der Waals surface area contributed by atoms with Crippen LogP contribution in [0.15, 0.2) is 23.1 Å². The van der Waals surface area contributed by atoms with E-state index in [1.54, 1.807) is 0 Å². The number of aromatic hydroxyl groups is 1. The molecule has 17 heavy (non-hydrogen) atoms. The third kappa shape index (κ3) is 3.41. The summed E-state index contributed by atoms with van der Waals surface area (Å²) in [5.41, 5.74) is 5.55. The second-order valence-electron chi connectivity index (χ2n) is 3.43. The summed E-state index contributed by atoms with van der Waals surface area (Å²) in [7, 11) is -4.55. The standard InChI is InChI=1S/C9H11NO6S/c10-6(9(12)13)3-5-1-2-7(11)8(4-5)17(14,15)16/h1-2,4,6,11H,3,10H2,(H,12,13)(H,14,15,16)/t6-/m1/s1. The van der Waals surface area contributed by atoms with Crippen LogP contribution in [0.4, 0.5) is 0 Å². The maximum atomic E-state index is 10.9. The number of carboxylic acids is 1. The van der Waals surface area contributed by atoms with Gasteiger partial charge in [0.25, 0.3) is 10.1 Å². The van der Waals surface area contributed by atoms with Crippen LogP contribution in [0.5, 0.6) is 5.75 Å². The molecule has 1 rings (SSSR count). The molecule has 0 fully saturated rings. The van der Waals surface area contributed by atoms with E-state index in [4.69, 9.17) is 15.4 Å². The lowest BCUT2D eigenvalue weighted by atomic mass is 10.1. The van der Waals surface area contributed by atoms with Crippen LogP contribution in [0, 0.1) is 0 Å². The van der Waals surface area contributed by atoms with Crippen molar-refractivity contribution in [1.82, 2.24) is 0 Å². The van der Waals surface area contributed by atoms with E-state index in [9.17, 15) is 18.3 Å². The number of nitrogens with two attached hydrogens (primary N) is 1. The van der Waals surface area contributed by atoms with Crippen molar-refractivity contribution in [2.24, 2.45) is 5.73 Å². The molecular formula is C9H11NO6S. The van der Waals surface area contributed by atoms with Crippen molar-refractivity contribution in [2.45, 2.75) is 17.4 Å². The molecular weight excluding hydrogens is 250 g/mol. The summed E-state index contributed by atoms with van der Waals surface area (Å²) in [6, 6.07) is 2.17. The average Bonchev–Trinajstić information content (AvgIpc) is 2.19. The summed E-state index contributed by atoms with van der Waals surface area (Å²) in [6.07, 6.45) is -0.113. The molecule has 0 spiro atoms. The Hall–Kier alpha value is -1.64. The van der Waals surface area contributed by atoms with Crippen LogP contribution in [0.3, 0.4) is 0 Å². The van der Waals surface area contributed by atoms with Gasteiger partial charge >= 0.3 is 5.97 Å². The number of phenols is 1. The molecule has 0 aliphatic heterocycles. The normalized spacial score (nSPS) is 13.3. The second kappa shape index (κ2) is 4.70. The van der Waals surface area contributed by atoms with Crippen LogP contribution in [0.25, 0.3) is 0 Å². The highest BCUT2D eigenvalue weighted by Crippen LogP contribution is 2.23. The zero-order valence-corrected chi connectivity index (χ0v) is 9.38. The Morgan fingerprint density at radius 1 is 1.41 bits per heavy atom. The third-order valence-corrected chi connectivity index (χ3v) is 2.96. The Labute approximate surface area is 97.2 Å². The molecule has 1 atom stereocenters. The molecule has 7 nitrogen and oxygen atoms in total. The average molecular weight is 261 g/mol. The molecule has 0 saturated heterocycles. The molecule has 0 aliphatic carbocycles. The Balaban J connectivity index is 3.10. The molecule has 0 bridgehead atoms. The molecule has 1 aromatic carbocycles. The molecule has 5 N–H and O–H groups in total. The van der Waals surface area contributed by atoms with Crippen molar-refractivity contribution in [3.8, 4) is 5.75 Å². The minimum absolute atomic E-state index is 0.113. The SMILES string of the molecule is N[C@H](Cc1ccc(O)c(S(=O)(=O)O)c1)C(=O)O. The van der Waals surface area contributed by atoms with Gasteiger partial charge in [-0.15, -0.1) is 0 Å². The first-order valence-electron chi connectivity index (χ1n) is 4.49. The van der Waals surface area contributed by atoms with E-state index in [1.165, 1.54) is 6.07 Å². The summed E-state index contributed by atoms with van der Waals surface area (Å²) in [5, 5.41) is 17.8. The molecule has 0 unspecified atom stereocenters. The zero-order chi connectivity index (χ0) is 13.2. The van der Waals surface area contributed by atoms with Gasteiger partial charge in [0.1, 0.15) is 16.7 Å². The smallest absolute Gasteiger partial charge is 0.320 e. The fourth-order valence-corrected chi connectivity index (χ4v) is 1.87. The van der Waals surface area contributed by atoms with Crippen LogP contribution in [-0.2, 0) is 21.3 Å². The highest BCUT2D eigenvalue weighted by Gasteiger charge is 2.18. The lowest BCUT2D eigenvalue weighted by Crippen LogP contribution is -2.32. The summed E-state index contributed by atoms with van der Waals surface area (Å²) in [5.74, 6) is -1.84. The van der Waals surface area contributed by atoms with E-state index >= 15 is 0 Å². The summed E-state index contributed by atoms with van der Waals surface area (Å²) in [4.78, 5) is 9.84. The number of carbonyl (C=O) groups is 1. The van der Waals surface area contributed by atoms with Gasteiger partial charge < -0.3 is 15.9 Å². The van der Waals surface area contributed by atoms with E-state index in [-0.39, 0.29) is 12.0 Å². The van der Waals surface area contributed by atoms with Gasteiger partial charge in [-0.25, -0.2) is 0 Å². The number of aliphatic carboxylic acids is 1. The van der Waals surface area contributed by atoms with Crippen LogP contribution in [0.2, 0.25) is 0 Å². The van der Waals surface area contributed by atoms with Gasteiger partial charge in [0.2, 0.25) is 0 Å². The second-order valence-corrected chi connectivity index (χ2v) is 4.82. The molecule has 0 aromatic heterocycles. The Kier molecular flexibility index (Phi) is 3.71.